The van der Waals surface area contributed by atoms with Gasteiger partial charge in [0.05, 0.1) is 297 Å². The third-order valence-corrected chi connectivity index (χ3v) is 8.86. The molecule has 0 aromatic rings. The highest BCUT2D eigenvalue weighted by molar-refractivity contribution is 5.86. The number of aliphatic hydroxyl groups is 1. The summed E-state index contributed by atoms with van der Waals surface area (Å²) >= 11 is 0. The Morgan fingerprint density at radius 2 is 0.333 bits per heavy atom. The first-order valence-electron chi connectivity index (χ1n) is 26.3. The molecule has 448 valence electrons. The molecular formula is C50H98O25. The highest BCUT2D eigenvalue weighted by Crippen LogP contribution is 1.93. The number of esters is 1. The van der Waals surface area contributed by atoms with E-state index in [1.165, 1.54) is 0 Å². The van der Waals surface area contributed by atoms with Crippen LogP contribution in [-0.2, 0) is 114 Å². The fourth-order valence-electron chi connectivity index (χ4n) is 5.10. The fraction of sp³-hybridized carbons (Fsp3) is 0.940. The molecule has 0 radical (unpaired) electrons. The van der Waals surface area contributed by atoms with Gasteiger partial charge in [-0.15, -0.1) is 0 Å². The van der Waals surface area contributed by atoms with E-state index >= 15 is 0 Å². The number of carbonyl (C=O) groups excluding carboxylic acids is 1. The molecule has 25 nitrogen and oxygen atoms in total. The first-order valence-corrected chi connectivity index (χ1v) is 26.3. The van der Waals surface area contributed by atoms with E-state index in [4.69, 9.17) is 114 Å². The van der Waals surface area contributed by atoms with Crippen LogP contribution in [0.1, 0.15) is 6.92 Å². The van der Waals surface area contributed by atoms with Gasteiger partial charge < -0.3 is 114 Å². The van der Waals surface area contributed by atoms with Crippen molar-refractivity contribution in [2.24, 2.45) is 0 Å². The molecule has 0 fully saturated rings. The second kappa shape index (κ2) is 68.4. The highest BCUT2D eigenvalue weighted by atomic mass is 16.6. The van der Waals surface area contributed by atoms with E-state index in [-0.39, 0.29) is 13.2 Å². The summed E-state index contributed by atoms with van der Waals surface area (Å²) in [7, 11) is 0. The normalized spacial score (nSPS) is 11.6. The van der Waals surface area contributed by atoms with Gasteiger partial charge in [-0.3, -0.25) is 0 Å². The van der Waals surface area contributed by atoms with Gasteiger partial charge in [0.15, 0.2) is 0 Å². The largest absolute Gasteiger partial charge is 0.460 e. The summed E-state index contributed by atoms with van der Waals surface area (Å²) in [6, 6.07) is 0. The molecule has 75 heavy (non-hydrogen) atoms. The lowest BCUT2D eigenvalue weighted by Crippen LogP contribution is -2.16. The van der Waals surface area contributed by atoms with Crippen LogP contribution >= 0.6 is 0 Å². The van der Waals surface area contributed by atoms with Crippen LogP contribution < -0.4 is 0 Å². The summed E-state index contributed by atoms with van der Waals surface area (Å²) in [4.78, 5) is 11.2. The number of ether oxygens (including phenoxy) is 23. The van der Waals surface area contributed by atoms with E-state index in [1.54, 1.807) is 6.92 Å². The third-order valence-electron chi connectivity index (χ3n) is 8.86. The zero-order valence-electron chi connectivity index (χ0n) is 45.5. The number of hydrogen-bond acceptors (Lipinski definition) is 25. The minimum Gasteiger partial charge on any atom is -0.460 e. The predicted molar refractivity (Wildman–Crippen MR) is 271 cm³/mol. The van der Waals surface area contributed by atoms with E-state index in [9.17, 15) is 4.79 Å². The smallest absolute Gasteiger partial charge is 0.333 e. The van der Waals surface area contributed by atoms with Crippen molar-refractivity contribution in [1.82, 2.24) is 0 Å². The Bertz CT molecular complexity index is 1090. The van der Waals surface area contributed by atoms with Crippen molar-refractivity contribution in [2.45, 2.75) is 6.92 Å². The van der Waals surface area contributed by atoms with Crippen LogP contribution in [0.2, 0.25) is 0 Å². The Hall–Kier alpha value is -1.71. The van der Waals surface area contributed by atoms with Crippen molar-refractivity contribution in [3.8, 4) is 0 Å². The summed E-state index contributed by atoms with van der Waals surface area (Å²) in [5.41, 5.74) is 0.364. The molecule has 0 aromatic carbocycles. The molecule has 0 aliphatic heterocycles. The zero-order chi connectivity index (χ0) is 53.9. The van der Waals surface area contributed by atoms with Crippen LogP contribution in [0.25, 0.3) is 0 Å². The first-order chi connectivity index (χ1) is 37.2. The highest BCUT2D eigenvalue weighted by Gasteiger charge is 2.03. The molecule has 0 saturated carbocycles. The van der Waals surface area contributed by atoms with Crippen molar-refractivity contribution in [2.75, 3.05) is 304 Å². The number of carbonyl (C=O) groups is 1. The lowest BCUT2D eigenvalue weighted by Gasteiger charge is -2.09. The molecule has 0 saturated heterocycles. The van der Waals surface area contributed by atoms with Crippen molar-refractivity contribution in [1.29, 1.82) is 0 Å². The van der Waals surface area contributed by atoms with Crippen molar-refractivity contribution in [3.63, 3.8) is 0 Å². The van der Waals surface area contributed by atoms with Gasteiger partial charge in [-0.05, 0) is 6.92 Å². The molecule has 0 heterocycles. The first kappa shape index (κ1) is 73.3. The average molecular weight is 1100 g/mol. The van der Waals surface area contributed by atoms with Gasteiger partial charge in [0.25, 0.3) is 0 Å². The molecule has 0 aromatic heterocycles. The minimum absolute atomic E-state index is 0.0174. The maximum absolute atomic E-state index is 11.2. The van der Waals surface area contributed by atoms with Gasteiger partial charge in [-0.25, -0.2) is 4.79 Å². The number of hydrogen-bond donors (Lipinski definition) is 1. The minimum atomic E-state index is -0.419. The maximum atomic E-state index is 11.2. The van der Waals surface area contributed by atoms with E-state index in [2.05, 4.69) is 6.58 Å². The standard InChI is InChI=1S/C50H98O25/c1-49(2)50(52)75-48-47-74-46-45-73-44-43-72-42-41-71-40-39-70-38-37-69-36-35-68-34-33-67-32-31-66-30-29-65-28-27-64-26-25-63-24-23-62-22-21-61-20-19-60-18-17-59-16-15-58-14-13-57-12-11-56-10-9-55-8-7-54-6-5-53-4-3-51/h51H,1,3-48H2,2H3. The van der Waals surface area contributed by atoms with E-state index in [1.807, 2.05) is 0 Å². The molecule has 0 unspecified atom stereocenters. The quantitative estimate of drug-likeness (QED) is 0.0494. The van der Waals surface area contributed by atoms with Crippen molar-refractivity contribution in [3.05, 3.63) is 12.2 Å². The Kier molecular flexibility index (Phi) is 66.8. The Labute approximate surface area is 446 Å². The Balaban J connectivity index is 3.09. The maximum Gasteiger partial charge on any atom is 0.333 e. The molecule has 0 spiro atoms. The predicted octanol–water partition coefficient (Wildman–Crippen LogP) is 0.463. The van der Waals surface area contributed by atoms with E-state index < -0.39 is 5.97 Å². The second-order valence-electron chi connectivity index (χ2n) is 15.1. The molecule has 0 aliphatic rings. The monoisotopic (exact) mass is 1100 g/mol. The molecule has 1 N–H and O–H groups in total. The van der Waals surface area contributed by atoms with Gasteiger partial charge in [-0.1, -0.05) is 6.58 Å². The van der Waals surface area contributed by atoms with Crippen LogP contribution in [0.5, 0.6) is 0 Å². The van der Waals surface area contributed by atoms with Crippen LogP contribution in [0.3, 0.4) is 0 Å². The van der Waals surface area contributed by atoms with Crippen LogP contribution in [-0.4, -0.2) is 315 Å². The Morgan fingerprint density at radius 3 is 0.440 bits per heavy atom. The molecule has 0 amide bonds. The Morgan fingerprint density at radius 1 is 0.227 bits per heavy atom. The topological polar surface area (TPSA) is 250 Å². The van der Waals surface area contributed by atoms with Gasteiger partial charge in [0, 0.05) is 5.57 Å². The van der Waals surface area contributed by atoms with Crippen LogP contribution in [0.15, 0.2) is 12.2 Å². The van der Waals surface area contributed by atoms with Crippen molar-refractivity contribution >= 4 is 5.97 Å². The van der Waals surface area contributed by atoms with Gasteiger partial charge in [0.1, 0.15) is 6.61 Å². The zero-order valence-corrected chi connectivity index (χ0v) is 45.5. The van der Waals surface area contributed by atoms with Gasteiger partial charge in [-0.2, -0.15) is 0 Å². The SMILES string of the molecule is C=C(C)C(=O)OCCOCCOCCOCCOCCOCCOCCOCCOCCOCCOCCOCCOCCOCCOCCOCCOCCOCCOCCOCCOCCOCCOCCO. The van der Waals surface area contributed by atoms with Gasteiger partial charge in [0.2, 0.25) is 0 Å². The van der Waals surface area contributed by atoms with Crippen LogP contribution in [0.4, 0.5) is 0 Å². The molecule has 0 rings (SSSR count). The molecule has 0 atom stereocenters. The summed E-state index contributed by atoms with van der Waals surface area (Å²) in [5.74, 6) is -0.419. The van der Waals surface area contributed by atoms with E-state index in [0.717, 1.165) is 0 Å². The molecule has 0 bridgehead atoms. The summed E-state index contributed by atoms with van der Waals surface area (Å²) < 4.78 is 125. The molecular weight excluding hydrogens is 1000 g/mol. The van der Waals surface area contributed by atoms with Crippen molar-refractivity contribution < 1.29 is 119 Å². The summed E-state index contributed by atoms with van der Waals surface area (Å²) in [5, 5.41) is 8.61. The number of rotatable bonds is 69. The summed E-state index contributed by atoms with van der Waals surface area (Å²) in [6.07, 6.45) is 0. The van der Waals surface area contributed by atoms with Crippen LogP contribution in [0, 0.1) is 0 Å². The number of aliphatic hydroxyl groups excluding tert-OH is 1. The van der Waals surface area contributed by atoms with E-state index in [0.29, 0.717) is 296 Å². The lowest BCUT2D eigenvalue weighted by molar-refractivity contribution is -0.140. The summed E-state index contributed by atoms with van der Waals surface area (Å²) in [6.45, 7) is 26.1. The van der Waals surface area contributed by atoms with Gasteiger partial charge >= 0.3 is 5.97 Å². The average Bonchev–Trinajstić information content (AvgIpc) is 3.41. The lowest BCUT2D eigenvalue weighted by atomic mass is 10.4. The molecule has 25 heteroatoms. The molecule has 0 aliphatic carbocycles. The third kappa shape index (κ3) is 68.3. The fourth-order valence-corrected chi connectivity index (χ4v) is 5.10. The second-order valence-corrected chi connectivity index (χ2v) is 15.1.